The van der Waals surface area contributed by atoms with Gasteiger partial charge in [0, 0.05) is 5.69 Å². The number of nitrogens with one attached hydrogen (secondary N) is 1. The Kier molecular flexibility index (Phi) is 4.89. The van der Waals surface area contributed by atoms with Crippen LogP contribution in [0.2, 0.25) is 0 Å². The first-order chi connectivity index (χ1) is 11.2. The van der Waals surface area contributed by atoms with E-state index in [9.17, 15) is 18.0 Å². The highest BCUT2D eigenvalue weighted by molar-refractivity contribution is 7.92. The summed E-state index contributed by atoms with van der Waals surface area (Å²) >= 11 is 0. The van der Waals surface area contributed by atoms with Gasteiger partial charge in [-0.15, -0.1) is 0 Å². The average molecular weight is 347 g/mol. The Labute approximate surface area is 139 Å². The van der Waals surface area contributed by atoms with Crippen molar-refractivity contribution >= 4 is 27.5 Å². The molecule has 0 unspecified atom stereocenters. The topological polar surface area (TPSA) is 132 Å². The van der Waals surface area contributed by atoms with Crippen LogP contribution in [0.3, 0.4) is 0 Å². The third-order valence-electron chi connectivity index (χ3n) is 3.44. The normalized spacial score (nSPS) is 11.0. The van der Waals surface area contributed by atoms with E-state index < -0.39 is 21.8 Å². The van der Waals surface area contributed by atoms with E-state index in [1.165, 1.54) is 30.3 Å². The Morgan fingerprint density at radius 1 is 0.958 bits per heavy atom. The molecule has 0 fully saturated rings. The van der Waals surface area contributed by atoms with E-state index in [0.717, 1.165) is 12.0 Å². The first-order valence-corrected chi connectivity index (χ1v) is 8.58. The summed E-state index contributed by atoms with van der Waals surface area (Å²) in [4.78, 5) is 22.8. The molecular weight excluding hydrogens is 330 g/mol. The molecule has 0 aliphatic heterocycles. The second-order valence-corrected chi connectivity index (χ2v) is 6.77. The summed E-state index contributed by atoms with van der Waals surface area (Å²) in [6, 6.07) is 10.2. The first-order valence-electron chi connectivity index (χ1n) is 7.10. The van der Waals surface area contributed by atoms with Gasteiger partial charge in [0.2, 0.25) is 11.8 Å². The Morgan fingerprint density at radius 3 is 2.04 bits per heavy atom. The molecule has 5 N–H and O–H groups in total. The van der Waals surface area contributed by atoms with Gasteiger partial charge in [0.15, 0.2) is 0 Å². The summed E-state index contributed by atoms with van der Waals surface area (Å²) in [6.45, 7) is 1.97. The van der Waals surface area contributed by atoms with E-state index in [0.29, 0.717) is 0 Å². The molecule has 0 aliphatic rings. The largest absolute Gasteiger partial charge is 0.366 e. The van der Waals surface area contributed by atoms with Crippen molar-refractivity contribution in [2.45, 2.75) is 18.2 Å². The minimum atomic E-state index is -3.83. The molecule has 0 bridgehead atoms. The second-order valence-electron chi connectivity index (χ2n) is 5.09. The average Bonchev–Trinajstić information content (AvgIpc) is 2.54. The Bertz CT molecular complexity index is 890. The molecule has 2 aromatic carbocycles. The molecule has 0 atom stereocenters. The van der Waals surface area contributed by atoms with Crippen molar-refractivity contribution in [3.05, 3.63) is 59.2 Å². The zero-order chi connectivity index (χ0) is 17.9. The smallest absolute Gasteiger partial charge is 0.261 e. The quantitative estimate of drug-likeness (QED) is 0.725. The third kappa shape index (κ3) is 3.72. The molecule has 24 heavy (non-hydrogen) atoms. The monoisotopic (exact) mass is 347 g/mol. The van der Waals surface area contributed by atoms with Crippen LogP contribution in [0.5, 0.6) is 0 Å². The fourth-order valence-corrected chi connectivity index (χ4v) is 3.19. The van der Waals surface area contributed by atoms with Crippen LogP contribution >= 0.6 is 0 Å². The number of rotatable bonds is 6. The number of aryl methyl sites for hydroxylation is 1. The van der Waals surface area contributed by atoms with Gasteiger partial charge in [-0.1, -0.05) is 19.1 Å². The van der Waals surface area contributed by atoms with Gasteiger partial charge in [0.1, 0.15) is 0 Å². The van der Waals surface area contributed by atoms with Crippen molar-refractivity contribution in [3.8, 4) is 0 Å². The number of hydrogen-bond acceptors (Lipinski definition) is 4. The van der Waals surface area contributed by atoms with Crippen molar-refractivity contribution < 1.29 is 18.0 Å². The summed E-state index contributed by atoms with van der Waals surface area (Å²) < 4.78 is 27.1. The fourth-order valence-electron chi connectivity index (χ4n) is 2.14. The zero-order valence-corrected chi connectivity index (χ0v) is 13.8. The number of hydrogen-bond donors (Lipinski definition) is 3. The summed E-state index contributed by atoms with van der Waals surface area (Å²) in [6.07, 6.45) is 0.796. The Morgan fingerprint density at radius 2 is 1.54 bits per heavy atom. The summed E-state index contributed by atoms with van der Waals surface area (Å²) in [5.74, 6) is -1.70. The Balaban J connectivity index is 2.37. The Hall–Kier alpha value is -2.87. The minimum absolute atomic E-state index is 0.0715. The standard InChI is InChI=1S/C16H17N3O4S/c1-2-10-3-6-12(7-4-10)24(22,23)19-11-5-8-13(15(17)20)14(9-11)16(18)21/h3-9,19H,2H2,1H3,(H2,17,20)(H2,18,21). The van der Waals surface area contributed by atoms with Crippen molar-refractivity contribution in [2.75, 3.05) is 4.72 Å². The van der Waals surface area contributed by atoms with Crippen molar-refractivity contribution in [2.24, 2.45) is 11.5 Å². The molecule has 8 heteroatoms. The molecule has 0 aromatic heterocycles. The van der Waals surface area contributed by atoms with E-state index in [4.69, 9.17) is 11.5 Å². The van der Waals surface area contributed by atoms with Gasteiger partial charge in [-0.25, -0.2) is 8.42 Å². The molecule has 7 nitrogen and oxygen atoms in total. The second kappa shape index (κ2) is 6.71. The SMILES string of the molecule is CCc1ccc(S(=O)(=O)Nc2ccc(C(N)=O)c(C(N)=O)c2)cc1. The molecule has 0 radical (unpaired) electrons. The van der Waals surface area contributed by atoms with Crippen LogP contribution in [0.1, 0.15) is 33.2 Å². The number of anilines is 1. The van der Waals surface area contributed by atoms with Crippen LogP contribution in [0.15, 0.2) is 47.4 Å². The zero-order valence-electron chi connectivity index (χ0n) is 12.9. The number of amides is 2. The molecule has 0 spiro atoms. The van der Waals surface area contributed by atoms with Crippen LogP contribution in [-0.4, -0.2) is 20.2 Å². The van der Waals surface area contributed by atoms with Gasteiger partial charge in [0.25, 0.3) is 10.0 Å². The lowest BCUT2D eigenvalue weighted by atomic mass is 10.1. The number of benzene rings is 2. The molecular formula is C16H17N3O4S. The van der Waals surface area contributed by atoms with Crippen LogP contribution < -0.4 is 16.2 Å². The third-order valence-corrected chi connectivity index (χ3v) is 4.84. The van der Waals surface area contributed by atoms with Crippen molar-refractivity contribution in [1.29, 1.82) is 0 Å². The number of carbonyl (C=O) groups is 2. The van der Waals surface area contributed by atoms with Crippen LogP contribution in [0.25, 0.3) is 0 Å². The van der Waals surface area contributed by atoms with Gasteiger partial charge >= 0.3 is 0 Å². The van der Waals surface area contributed by atoms with Crippen molar-refractivity contribution in [1.82, 2.24) is 0 Å². The number of carbonyl (C=O) groups excluding carboxylic acids is 2. The molecule has 2 amide bonds. The predicted molar refractivity (Wildman–Crippen MR) is 90.1 cm³/mol. The number of primary amides is 2. The maximum Gasteiger partial charge on any atom is 0.261 e. The summed E-state index contributed by atoms with van der Waals surface area (Å²) in [7, 11) is -3.83. The highest BCUT2D eigenvalue weighted by Gasteiger charge is 2.17. The molecule has 2 aromatic rings. The van der Waals surface area contributed by atoms with Gasteiger partial charge < -0.3 is 11.5 Å². The lowest BCUT2D eigenvalue weighted by Gasteiger charge is -2.11. The highest BCUT2D eigenvalue weighted by Crippen LogP contribution is 2.20. The molecule has 0 aliphatic carbocycles. The lowest BCUT2D eigenvalue weighted by molar-refractivity contribution is 0.0967. The molecule has 0 saturated carbocycles. The van der Waals surface area contributed by atoms with E-state index in [1.54, 1.807) is 12.1 Å². The van der Waals surface area contributed by atoms with E-state index in [-0.39, 0.29) is 21.7 Å². The van der Waals surface area contributed by atoms with Gasteiger partial charge in [-0.2, -0.15) is 0 Å². The van der Waals surface area contributed by atoms with Gasteiger partial charge in [-0.3, -0.25) is 14.3 Å². The molecule has 0 saturated heterocycles. The number of nitrogens with two attached hydrogens (primary N) is 2. The van der Waals surface area contributed by atoms with Crippen LogP contribution in [0, 0.1) is 0 Å². The van der Waals surface area contributed by atoms with Crippen LogP contribution in [-0.2, 0) is 16.4 Å². The van der Waals surface area contributed by atoms with Crippen molar-refractivity contribution in [3.63, 3.8) is 0 Å². The maximum absolute atomic E-state index is 12.4. The van der Waals surface area contributed by atoms with E-state index >= 15 is 0 Å². The minimum Gasteiger partial charge on any atom is -0.366 e. The summed E-state index contributed by atoms with van der Waals surface area (Å²) in [5.41, 5.74) is 11.3. The van der Waals surface area contributed by atoms with E-state index in [1.807, 2.05) is 6.92 Å². The maximum atomic E-state index is 12.4. The molecule has 0 heterocycles. The molecule has 2 rings (SSSR count). The first kappa shape index (κ1) is 17.5. The van der Waals surface area contributed by atoms with E-state index in [2.05, 4.69) is 4.72 Å². The highest BCUT2D eigenvalue weighted by atomic mass is 32.2. The van der Waals surface area contributed by atoms with Gasteiger partial charge in [0.05, 0.1) is 16.0 Å². The molecule has 126 valence electrons. The summed E-state index contributed by atoms with van der Waals surface area (Å²) in [5, 5.41) is 0. The van der Waals surface area contributed by atoms with Gasteiger partial charge in [-0.05, 0) is 42.3 Å². The van der Waals surface area contributed by atoms with Crippen LogP contribution in [0.4, 0.5) is 5.69 Å². The fraction of sp³-hybridized carbons (Fsp3) is 0.125. The lowest BCUT2D eigenvalue weighted by Crippen LogP contribution is -2.21. The number of sulfonamides is 1. The predicted octanol–water partition coefficient (Wildman–Crippen LogP) is 1.25.